The summed E-state index contributed by atoms with van der Waals surface area (Å²) >= 11 is 0. The molecular formula is C18H25BN2O9S. The monoisotopic (exact) mass is 456 g/mol. The Morgan fingerprint density at radius 2 is 1.97 bits per heavy atom. The molecule has 1 amide bonds. The highest BCUT2D eigenvalue weighted by Crippen LogP contribution is 2.30. The molecule has 0 aliphatic carbocycles. The average Bonchev–Trinajstić information content (AvgIpc) is 2.65. The van der Waals surface area contributed by atoms with Gasteiger partial charge in [-0.15, -0.1) is 0 Å². The first-order valence-electron chi connectivity index (χ1n) is 9.39. The number of esters is 2. The summed E-state index contributed by atoms with van der Waals surface area (Å²) in [5.41, 5.74) is -0.218. The molecule has 170 valence electrons. The van der Waals surface area contributed by atoms with Crippen molar-refractivity contribution >= 4 is 35.0 Å². The molecule has 4 N–H and O–H groups in total. The molecular weight excluding hydrogens is 431 g/mol. The van der Waals surface area contributed by atoms with Gasteiger partial charge in [0.2, 0.25) is 22.7 Å². The molecule has 1 aliphatic heterocycles. The maximum Gasteiger partial charge on any atom is 0.547 e. The normalized spacial score (nSPS) is 16.0. The van der Waals surface area contributed by atoms with E-state index in [1.807, 2.05) is 0 Å². The van der Waals surface area contributed by atoms with Crippen LogP contribution in [0.3, 0.4) is 0 Å². The number of rotatable bonds is 7. The highest BCUT2D eigenvalue weighted by atomic mass is 32.2. The van der Waals surface area contributed by atoms with Gasteiger partial charge in [-0.1, -0.05) is 12.1 Å². The van der Waals surface area contributed by atoms with E-state index in [9.17, 15) is 27.8 Å². The van der Waals surface area contributed by atoms with Crippen LogP contribution in [-0.4, -0.2) is 56.9 Å². The Morgan fingerprint density at radius 1 is 1.29 bits per heavy atom. The molecule has 0 radical (unpaired) electrons. The van der Waals surface area contributed by atoms with E-state index in [1.165, 1.54) is 6.07 Å². The Labute approximate surface area is 180 Å². The molecule has 31 heavy (non-hydrogen) atoms. The molecule has 0 saturated heterocycles. The summed E-state index contributed by atoms with van der Waals surface area (Å²) in [5.74, 6) is -3.29. The van der Waals surface area contributed by atoms with Gasteiger partial charge >= 0.3 is 19.1 Å². The fraction of sp³-hybridized carbons (Fsp3) is 0.500. The second-order valence-electron chi connectivity index (χ2n) is 8.03. The van der Waals surface area contributed by atoms with Crippen molar-refractivity contribution in [1.29, 1.82) is 0 Å². The van der Waals surface area contributed by atoms with Crippen LogP contribution in [0.4, 0.5) is 0 Å². The molecule has 1 atom stereocenters. The van der Waals surface area contributed by atoms with Gasteiger partial charge in [-0.2, -0.15) is 0 Å². The largest absolute Gasteiger partial charge is 0.547 e. The van der Waals surface area contributed by atoms with Crippen LogP contribution in [0.25, 0.3) is 0 Å². The van der Waals surface area contributed by atoms with Gasteiger partial charge in [0.15, 0.2) is 0 Å². The van der Waals surface area contributed by atoms with Crippen molar-refractivity contribution in [2.24, 2.45) is 10.6 Å². The molecule has 11 nitrogen and oxygen atoms in total. The van der Waals surface area contributed by atoms with Gasteiger partial charge in [-0.25, -0.2) is 18.4 Å². The lowest BCUT2D eigenvalue weighted by molar-refractivity contribution is -0.161. The summed E-state index contributed by atoms with van der Waals surface area (Å²) in [6.07, 6.45) is -0.244. The third kappa shape index (κ3) is 7.22. The second kappa shape index (κ2) is 9.66. The van der Waals surface area contributed by atoms with Crippen LogP contribution in [0.1, 0.15) is 43.1 Å². The number of carbonyl (C=O) groups is 3. The van der Waals surface area contributed by atoms with Crippen LogP contribution in [-0.2, 0) is 35.5 Å². The zero-order valence-corrected chi connectivity index (χ0v) is 18.2. The van der Waals surface area contributed by atoms with Crippen molar-refractivity contribution in [3.63, 3.8) is 0 Å². The van der Waals surface area contributed by atoms with E-state index in [2.05, 4.69) is 5.32 Å². The SMILES string of the molecule is CC(C)(C)C(=O)OCOC(=O)c1cccc2c1OB(O)C(NC(=O)CCS(N)(=O)=O)C2. The van der Waals surface area contributed by atoms with Crippen molar-refractivity contribution in [3.8, 4) is 5.75 Å². The molecule has 1 aromatic rings. The topological polar surface area (TPSA) is 171 Å². The second-order valence-corrected chi connectivity index (χ2v) is 9.76. The number of nitrogens with one attached hydrogen (secondary N) is 1. The van der Waals surface area contributed by atoms with Gasteiger partial charge in [-0.05, 0) is 38.8 Å². The lowest BCUT2D eigenvalue weighted by Crippen LogP contribution is -2.53. The zero-order chi connectivity index (χ0) is 23.4. The van der Waals surface area contributed by atoms with E-state index >= 15 is 0 Å². The molecule has 2 rings (SSSR count). The number of benzene rings is 1. The molecule has 0 fully saturated rings. The third-order valence-corrected chi connectivity index (χ3v) is 5.06. The highest BCUT2D eigenvalue weighted by molar-refractivity contribution is 7.89. The summed E-state index contributed by atoms with van der Waals surface area (Å²) < 4.78 is 37.2. The first-order valence-corrected chi connectivity index (χ1v) is 11.1. The number of hydrogen-bond donors (Lipinski definition) is 3. The molecule has 1 aromatic carbocycles. The zero-order valence-electron chi connectivity index (χ0n) is 17.4. The summed E-state index contributed by atoms with van der Waals surface area (Å²) in [7, 11) is -5.28. The van der Waals surface area contributed by atoms with Crippen molar-refractivity contribution in [2.75, 3.05) is 12.5 Å². The number of carbonyl (C=O) groups excluding carboxylic acids is 3. The molecule has 0 bridgehead atoms. The molecule has 13 heteroatoms. The van der Waals surface area contributed by atoms with Crippen molar-refractivity contribution in [2.45, 2.75) is 39.6 Å². The number of sulfonamides is 1. The molecule has 0 saturated carbocycles. The Hall–Kier alpha value is -2.64. The van der Waals surface area contributed by atoms with E-state index in [-0.39, 0.29) is 24.2 Å². The smallest absolute Gasteiger partial charge is 0.534 e. The van der Waals surface area contributed by atoms with Gasteiger partial charge in [0.1, 0.15) is 11.3 Å². The van der Waals surface area contributed by atoms with E-state index in [0.29, 0.717) is 5.56 Å². The number of nitrogens with two attached hydrogens (primary N) is 1. The van der Waals surface area contributed by atoms with Crippen molar-refractivity contribution in [3.05, 3.63) is 29.3 Å². The minimum Gasteiger partial charge on any atom is -0.534 e. The van der Waals surface area contributed by atoms with Crippen LogP contribution >= 0.6 is 0 Å². The number of fused-ring (bicyclic) bond motifs is 1. The lowest BCUT2D eigenvalue weighted by Gasteiger charge is -2.29. The van der Waals surface area contributed by atoms with E-state index in [0.717, 1.165) is 0 Å². The Kier molecular flexibility index (Phi) is 7.68. The highest BCUT2D eigenvalue weighted by Gasteiger charge is 2.38. The summed E-state index contributed by atoms with van der Waals surface area (Å²) in [5, 5.41) is 17.6. The van der Waals surface area contributed by atoms with Crippen molar-refractivity contribution < 1.29 is 42.0 Å². The maximum atomic E-state index is 12.4. The molecule has 1 unspecified atom stereocenters. The maximum absolute atomic E-state index is 12.4. The minimum atomic E-state index is -3.80. The van der Waals surface area contributed by atoms with Crippen LogP contribution in [0.15, 0.2) is 18.2 Å². The number of hydrogen-bond acceptors (Lipinski definition) is 9. The van der Waals surface area contributed by atoms with Gasteiger partial charge in [0.25, 0.3) is 0 Å². The van der Waals surface area contributed by atoms with Crippen LogP contribution in [0.5, 0.6) is 5.75 Å². The van der Waals surface area contributed by atoms with Crippen LogP contribution in [0.2, 0.25) is 0 Å². The predicted molar refractivity (Wildman–Crippen MR) is 109 cm³/mol. The Bertz CT molecular complexity index is 959. The molecule has 0 spiro atoms. The summed E-state index contributed by atoms with van der Waals surface area (Å²) in [6.45, 7) is 4.39. The summed E-state index contributed by atoms with van der Waals surface area (Å²) in [6, 6.07) is 4.63. The average molecular weight is 456 g/mol. The van der Waals surface area contributed by atoms with Gasteiger partial charge < -0.3 is 24.5 Å². The number of amides is 1. The number of ether oxygens (including phenoxy) is 2. The fourth-order valence-corrected chi connectivity index (χ4v) is 3.12. The van der Waals surface area contributed by atoms with E-state index in [4.69, 9.17) is 19.3 Å². The molecule has 1 heterocycles. The first-order chi connectivity index (χ1) is 14.3. The number of primary sulfonamides is 1. The van der Waals surface area contributed by atoms with Crippen LogP contribution < -0.4 is 15.1 Å². The minimum absolute atomic E-state index is 0.0161. The van der Waals surface area contributed by atoms with Gasteiger partial charge in [0.05, 0.1) is 17.1 Å². The Morgan fingerprint density at radius 3 is 2.58 bits per heavy atom. The standard InChI is InChI=1S/C18H25BN2O9S/c1-18(2,3)17(24)29-10-28-16(23)12-6-4-5-11-9-13(19(25)30-15(11)12)21-14(22)7-8-31(20,26)27/h4-6,13,25H,7-10H2,1-3H3,(H,21,22)(H2,20,26,27). The van der Waals surface area contributed by atoms with E-state index < -0.39 is 58.9 Å². The lowest BCUT2D eigenvalue weighted by atomic mass is 9.72. The third-order valence-electron chi connectivity index (χ3n) is 4.29. The molecule has 1 aliphatic rings. The van der Waals surface area contributed by atoms with Crippen molar-refractivity contribution in [1.82, 2.24) is 5.32 Å². The van der Waals surface area contributed by atoms with Gasteiger partial charge in [-0.3, -0.25) is 9.59 Å². The first kappa shape index (κ1) is 24.6. The fourth-order valence-electron chi connectivity index (χ4n) is 2.65. The Balaban J connectivity index is 2.02. The summed E-state index contributed by atoms with van der Waals surface area (Å²) in [4.78, 5) is 36.0. The van der Waals surface area contributed by atoms with Crippen LogP contribution in [0, 0.1) is 5.41 Å². The predicted octanol–water partition coefficient (Wildman–Crippen LogP) is -0.492. The van der Waals surface area contributed by atoms with E-state index in [1.54, 1.807) is 32.9 Å². The molecule has 0 aromatic heterocycles. The number of para-hydroxylation sites is 1. The van der Waals surface area contributed by atoms with Gasteiger partial charge in [0, 0.05) is 6.42 Å². The quantitative estimate of drug-likeness (QED) is 0.278.